The van der Waals surface area contributed by atoms with Gasteiger partial charge in [0, 0.05) is 23.7 Å². The molecule has 1 aliphatic rings. The lowest BCUT2D eigenvalue weighted by atomic mass is 10.2. The first-order valence-corrected chi connectivity index (χ1v) is 11.2. The van der Waals surface area contributed by atoms with Crippen molar-refractivity contribution in [1.29, 1.82) is 0 Å². The van der Waals surface area contributed by atoms with Crippen molar-refractivity contribution in [2.24, 2.45) is 0 Å². The Morgan fingerprint density at radius 1 is 1.14 bits per heavy atom. The highest BCUT2D eigenvalue weighted by molar-refractivity contribution is 7.91. The van der Waals surface area contributed by atoms with E-state index in [0.29, 0.717) is 23.7 Å². The first-order chi connectivity index (χ1) is 13.9. The van der Waals surface area contributed by atoms with Crippen LogP contribution in [0.1, 0.15) is 18.4 Å². The zero-order valence-corrected chi connectivity index (χ0v) is 17.5. The molecule has 1 aromatic heterocycles. The standard InChI is InChI=1S/C21H21ClN2O4S/c1-14-4-10-18(11-5-14)29(25,26)21-20(23-13-17-3-2-12-27-17)28-19(24-21)15-6-8-16(22)9-7-15/h4-11,17,23H,2-3,12-13H2,1H3/t17-/m0/s1. The Morgan fingerprint density at radius 2 is 1.86 bits per heavy atom. The van der Waals surface area contributed by atoms with Crippen LogP contribution in [0.3, 0.4) is 0 Å². The molecule has 4 rings (SSSR count). The molecule has 152 valence electrons. The zero-order chi connectivity index (χ0) is 20.4. The fourth-order valence-electron chi connectivity index (χ4n) is 3.16. The molecular weight excluding hydrogens is 412 g/mol. The lowest BCUT2D eigenvalue weighted by Gasteiger charge is -2.10. The molecule has 0 spiro atoms. The van der Waals surface area contributed by atoms with Crippen molar-refractivity contribution in [3.05, 3.63) is 59.1 Å². The number of aryl methyl sites for hydroxylation is 1. The molecule has 1 aliphatic heterocycles. The predicted molar refractivity (Wildman–Crippen MR) is 111 cm³/mol. The van der Waals surface area contributed by atoms with Crippen LogP contribution in [0.15, 0.2) is 62.9 Å². The van der Waals surface area contributed by atoms with Crippen LogP contribution in [0.4, 0.5) is 5.88 Å². The van der Waals surface area contributed by atoms with Crippen LogP contribution in [0.5, 0.6) is 0 Å². The van der Waals surface area contributed by atoms with Crippen molar-refractivity contribution in [3.8, 4) is 11.5 Å². The number of benzene rings is 2. The number of hydrogen-bond acceptors (Lipinski definition) is 6. The van der Waals surface area contributed by atoms with Crippen molar-refractivity contribution < 1.29 is 17.6 Å². The predicted octanol–water partition coefficient (Wildman–Crippen LogP) is 4.73. The summed E-state index contributed by atoms with van der Waals surface area (Å²) in [5.41, 5.74) is 1.61. The monoisotopic (exact) mass is 432 g/mol. The molecule has 3 aromatic rings. The lowest BCUT2D eigenvalue weighted by Crippen LogP contribution is -2.19. The number of nitrogens with zero attached hydrogens (tertiary/aromatic N) is 1. The normalized spacial score (nSPS) is 16.8. The van der Waals surface area contributed by atoms with E-state index in [0.717, 1.165) is 18.4 Å². The van der Waals surface area contributed by atoms with Gasteiger partial charge < -0.3 is 14.5 Å². The Bertz CT molecular complexity index is 1090. The largest absolute Gasteiger partial charge is 0.419 e. The Hall–Kier alpha value is -2.35. The molecule has 29 heavy (non-hydrogen) atoms. The average Bonchev–Trinajstić information content (AvgIpc) is 3.37. The number of ether oxygens (including phenoxy) is 1. The third-order valence-electron chi connectivity index (χ3n) is 4.79. The van der Waals surface area contributed by atoms with Crippen LogP contribution in [0, 0.1) is 6.92 Å². The van der Waals surface area contributed by atoms with E-state index in [1.807, 2.05) is 6.92 Å². The van der Waals surface area contributed by atoms with E-state index in [9.17, 15) is 8.42 Å². The van der Waals surface area contributed by atoms with Crippen molar-refractivity contribution in [2.75, 3.05) is 18.5 Å². The molecule has 2 heterocycles. The van der Waals surface area contributed by atoms with E-state index in [2.05, 4.69) is 10.3 Å². The highest BCUT2D eigenvalue weighted by Gasteiger charge is 2.29. The summed E-state index contributed by atoms with van der Waals surface area (Å²) < 4.78 is 37.9. The second-order valence-corrected chi connectivity index (χ2v) is 9.29. The van der Waals surface area contributed by atoms with E-state index in [4.69, 9.17) is 20.8 Å². The Balaban J connectivity index is 1.73. The van der Waals surface area contributed by atoms with Crippen LogP contribution in [0.25, 0.3) is 11.5 Å². The molecule has 1 saturated heterocycles. The number of anilines is 1. The number of sulfone groups is 1. The highest BCUT2D eigenvalue weighted by atomic mass is 35.5. The van der Waals surface area contributed by atoms with Gasteiger partial charge in [-0.05, 0) is 56.2 Å². The van der Waals surface area contributed by atoms with Gasteiger partial charge in [-0.1, -0.05) is 29.3 Å². The molecule has 0 radical (unpaired) electrons. The summed E-state index contributed by atoms with van der Waals surface area (Å²) in [6.45, 7) is 3.07. The topological polar surface area (TPSA) is 81.4 Å². The van der Waals surface area contributed by atoms with Crippen molar-refractivity contribution >= 4 is 27.3 Å². The second-order valence-electron chi connectivity index (χ2n) is 6.99. The van der Waals surface area contributed by atoms with E-state index in [-0.39, 0.29) is 27.8 Å². The summed E-state index contributed by atoms with van der Waals surface area (Å²) in [6.07, 6.45) is 1.94. The molecule has 8 heteroatoms. The maximum Gasteiger partial charge on any atom is 0.233 e. The smallest absolute Gasteiger partial charge is 0.233 e. The van der Waals surface area contributed by atoms with Crippen LogP contribution < -0.4 is 5.32 Å². The minimum Gasteiger partial charge on any atom is -0.419 e. The maximum atomic E-state index is 13.2. The number of nitrogens with one attached hydrogen (secondary N) is 1. The first kappa shape index (κ1) is 19.9. The fraction of sp³-hybridized carbons (Fsp3) is 0.286. The Labute approximate surface area is 174 Å². The summed E-state index contributed by atoms with van der Waals surface area (Å²) in [5.74, 6) is 0.327. The molecule has 2 aromatic carbocycles. The summed E-state index contributed by atoms with van der Waals surface area (Å²) in [5, 5.41) is 3.52. The Kier molecular flexibility index (Phi) is 5.63. The van der Waals surface area contributed by atoms with E-state index < -0.39 is 9.84 Å². The fourth-order valence-corrected chi connectivity index (χ4v) is 4.56. The molecule has 0 unspecified atom stereocenters. The summed E-state index contributed by atoms with van der Waals surface area (Å²) >= 11 is 5.95. The second kappa shape index (κ2) is 8.18. The third kappa shape index (κ3) is 4.32. The van der Waals surface area contributed by atoms with Gasteiger partial charge in [-0.15, -0.1) is 0 Å². The van der Waals surface area contributed by atoms with Gasteiger partial charge in [-0.3, -0.25) is 0 Å². The van der Waals surface area contributed by atoms with Crippen LogP contribution in [-0.4, -0.2) is 32.7 Å². The molecule has 1 fully saturated rings. The maximum absolute atomic E-state index is 13.2. The van der Waals surface area contributed by atoms with Gasteiger partial charge in [0.1, 0.15) is 0 Å². The SMILES string of the molecule is Cc1ccc(S(=O)(=O)c2nc(-c3ccc(Cl)cc3)oc2NC[C@@H]2CCCO2)cc1. The number of hydrogen-bond donors (Lipinski definition) is 1. The van der Waals surface area contributed by atoms with E-state index in [1.54, 1.807) is 48.5 Å². The highest BCUT2D eigenvalue weighted by Crippen LogP contribution is 2.33. The number of oxazole rings is 1. The van der Waals surface area contributed by atoms with Gasteiger partial charge in [0.2, 0.25) is 26.6 Å². The number of halogens is 1. The first-order valence-electron chi connectivity index (χ1n) is 9.37. The molecular formula is C21H21ClN2O4S. The summed E-state index contributed by atoms with van der Waals surface area (Å²) in [6, 6.07) is 13.5. The van der Waals surface area contributed by atoms with Gasteiger partial charge in [0.25, 0.3) is 0 Å². The molecule has 0 amide bonds. The van der Waals surface area contributed by atoms with Gasteiger partial charge in [-0.2, -0.15) is 4.98 Å². The van der Waals surface area contributed by atoms with Gasteiger partial charge in [-0.25, -0.2) is 8.42 Å². The van der Waals surface area contributed by atoms with Crippen molar-refractivity contribution in [2.45, 2.75) is 35.8 Å². The minimum absolute atomic E-state index is 0.0222. The Morgan fingerprint density at radius 3 is 2.52 bits per heavy atom. The van der Waals surface area contributed by atoms with Crippen LogP contribution >= 0.6 is 11.6 Å². The summed E-state index contributed by atoms with van der Waals surface area (Å²) in [7, 11) is -3.86. The molecule has 0 bridgehead atoms. The van der Waals surface area contributed by atoms with Crippen LogP contribution in [0.2, 0.25) is 5.02 Å². The van der Waals surface area contributed by atoms with Gasteiger partial charge in [0.05, 0.1) is 11.0 Å². The quantitative estimate of drug-likeness (QED) is 0.606. The van der Waals surface area contributed by atoms with Crippen molar-refractivity contribution in [3.63, 3.8) is 0 Å². The summed E-state index contributed by atoms with van der Waals surface area (Å²) in [4.78, 5) is 4.49. The molecule has 1 N–H and O–H groups in total. The molecule has 1 atom stereocenters. The third-order valence-corrected chi connectivity index (χ3v) is 6.72. The van der Waals surface area contributed by atoms with Crippen LogP contribution in [-0.2, 0) is 14.6 Å². The van der Waals surface area contributed by atoms with E-state index >= 15 is 0 Å². The van der Waals surface area contributed by atoms with Crippen molar-refractivity contribution in [1.82, 2.24) is 4.98 Å². The average molecular weight is 433 g/mol. The molecule has 6 nitrogen and oxygen atoms in total. The molecule has 0 aliphatic carbocycles. The number of rotatable bonds is 6. The van der Waals surface area contributed by atoms with Gasteiger partial charge in [0.15, 0.2) is 0 Å². The van der Waals surface area contributed by atoms with Gasteiger partial charge >= 0.3 is 0 Å². The number of aromatic nitrogens is 1. The van der Waals surface area contributed by atoms with E-state index in [1.165, 1.54) is 0 Å². The minimum atomic E-state index is -3.86. The molecule has 0 saturated carbocycles. The zero-order valence-electron chi connectivity index (χ0n) is 15.9. The lowest BCUT2D eigenvalue weighted by molar-refractivity contribution is 0.120.